The van der Waals surface area contributed by atoms with Gasteiger partial charge >= 0.3 is 12.1 Å². The van der Waals surface area contributed by atoms with Gasteiger partial charge in [0.1, 0.15) is 31.9 Å². The Labute approximate surface area is 209 Å². The number of hydrogen-bond donors (Lipinski definition) is 0. The van der Waals surface area contributed by atoms with Crippen molar-refractivity contribution in [1.29, 1.82) is 0 Å². The van der Waals surface area contributed by atoms with E-state index in [0.29, 0.717) is 6.61 Å². The number of carbonyl (C=O) groups is 3. The molecule has 3 aliphatic heterocycles. The number of nitrogens with zero attached hydrogens (tertiary/aromatic N) is 2. The number of esters is 1. The molecule has 0 radical (unpaired) electrons. The molecule has 190 valence electrons. The molecule has 3 fully saturated rings. The van der Waals surface area contributed by atoms with E-state index in [-0.39, 0.29) is 32.2 Å². The maximum atomic E-state index is 13.1. The third-order valence-corrected chi connectivity index (χ3v) is 6.76. The second-order valence-corrected chi connectivity index (χ2v) is 9.21. The normalized spacial score (nSPS) is 25.2. The summed E-state index contributed by atoms with van der Waals surface area (Å²) in [5.74, 6) is -0.826. The van der Waals surface area contributed by atoms with E-state index in [1.807, 2.05) is 60.7 Å². The number of β-lactam (4-membered cyclic amide) rings is 1. The van der Waals surface area contributed by atoms with Gasteiger partial charge in [-0.3, -0.25) is 14.5 Å². The van der Waals surface area contributed by atoms with Crippen LogP contribution in [0.4, 0.5) is 4.79 Å². The highest BCUT2D eigenvalue weighted by Gasteiger charge is 2.62. The Balaban J connectivity index is 1.23. The lowest BCUT2D eigenvalue weighted by molar-refractivity contribution is -0.202. The van der Waals surface area contributed by atoms with E-state index in [1.54, 1.807) is 0 Å². The van der Waals surface area contributed by atoms with E-state index in [9.17, 15) is 14.4 Å². The lowest BCUT2D eigenvalue weighted by Gasteiger charge is -2.46. The fourth-order valence-corrected chi connectivity index (χ4v) is 4.92. The summed E-state index contributed by atoms with van der Waals surface area (Å²) in [4.78, 5) is 41.4. The van der Waals surface area contributed by atoms with E-state index in [4.69, 9.17) is 18.9 Å². The van der Waals surface area contributed by atoms with Crippen LogP contribution in [0.1, 0.15) is 30.4 Å². The maximum absolute atomic E-state index is 13.1. The Morgan fingerprint density at radius 1 is 0.917 bits per heavy atom. The fraction of sp³-hybridized carbons (Fsp3) is 0.444. The second kappa shape index (κ2) is 11.1. The van der Waals surface area contributed by atoms with Crippen LogP contribution in [0.15, 0.2) is 60.7 Å². The number of rotatable bonds is 8. The number of likely N-dealkylation sites (tertiary alicyclic amines) is 2. The Kier molecular flexibility index (Phi) is 7.48. The van der Waals surface area contributed by atoms with Crippen molar-refractivity contribution in [3.63, 3.8) is 0 Å². The largest absolute Gasteiger partial charge is 0.459 e. The van der Waals surface area contributed by atoms with E-state index < -0.39 is 36.5 Å². The SMILES string of the molecule is O=C(CN1C(=O)[C@@H]2[C@H]1[C@@H](OC1CCCCO1)CN2C(=O)OCc1ccccc1)OCc1ccccc1. The first-order valence-corrected chi connectivity index (χ1v) is 12.3. The molecule has 5 rings (SSSR count). The smallest absolute Gasteiger partial charge is 0.410 e. The van der Waals surface area contributed by atoms with E-state index in [2.05, 4.69) is 0 Å². The van der Waals surface area contributed by atoms with Crippen molar-refractivity contribution >= 4 is 18.0 Å². The summed E-state index contributed by atoms with van der Waals surface area (Å²) >= 11 is 0. The van der Waals surface area contributed by atoms with Crippen LogP contribution in [0, 0.1) is 0 Å². The average molecular weight is 495 g/mol. The Morgan fingerprint density at radius 3 is 2.22 bits per heavy atom. The molecular formula is C27H30N2O7. The van der Waals surface area contributed by atoms with Gasteiger partial charge < -0.3 is 23.8 Å². The van der Waals surface area contributed by atoms with Gasteiger partial charge in [-0.1, -0.05) is 60.7 Å². The average Bonchev–Trinajstić information content (AvgIpc) is 3.26. The molecule has 0 aliphatic carbocycles. The van der Waals surface area contributed by atoms with Crippen molar-refractivity contribution in [3.8, 4) is 0 Å². The predicted molar refractivity (Wildman–Crippen MR) is 127 cm³/mol. The van der Waals surface area contributed by atoms with Gasteiger partial charge in [0.15, 0.2) is 6.29 Å². The minimum atomic E-state index is -0.733. The van der Waals surface area contributed by atoms with Crippen LogP contribution >= 0.6 is 0 Å². The summed E-state index contributed by atoms with van der Waals surface area (Å²) in [5.41, 5.74) is 1.72. The molecule has 2 aromatic carbocycles. The van der Waals surface area contributed by atoms with Gasteiger partial charge in [0.2, 0.25) is 5.91 Å². The monoisotopic (exact) mass is 494 g/mol. The minimum absolute atomic E-state index is 0.106. The third-order valence-electron chi connectivity index (χ3n) is 6.76. The molecule has 3 saturated heterocycles. The number of ether oxygens (including phenoxy) is 4. The molecule has 2 amide bonds. The Morgan fingerprint density at radius 2 is 1.58 bits per heavy atom. The van der Waals surface area contributed by atoms with Crippen molar-refractivity contribution in [2.45, 2.75) is 57.0 Å². The van der Waals surface area contributed by atoms with Crippen LogP contribution in [0.25, 0.3) is 0 Å². The van der Waals surface area contributed by atoms with Gasteiger partial charge in [-0.25, -0.2) is 4.79 Å². The first-order valence-electron chi connectivity index (χ1n) is 12.3. The second-order valence-electron chi connectivity index (χ2n) is 9.21. The Bertz CT molecular complexity index is 1060. The summed E-state index contributed by atoms with van der Waals surface area (Å²) in [6.07, 6.45) is 1.26. The Hall–Kier alpha value is -3.43. The van der Waals surface area contributed by atoms with Crippen LogP contribution in [-0.4, -0.2) is 71.9 Å². The van der Waals surface area contributed by atoms with Crippen molar-refractivity contribution in [3.05, 3.63) is 71.8 Å². The molecule has 9 heteroatoms. The molecule has 0 aromatic heterocycles. The molecule has 1 unspecified atom stereocenters. The predicted octanol–water partition coefficient (Wildman–Crippen LogP) is 2.87. The molecular weight excluding hydrogens is 464 g/mol. The lowest BCUT2D eigenvalue weighted by Crippen LogP contribution is -2.70. The fourth-order valence-electron chi connectivity index (χ4n) is 4.92. The van der Waals surface area contributed by atoms with Crippen molar-refractivity contribution in [2.75, 3.05) is 19.7 Å². The highest BCUT2D eigenvalue weighted by atomic mass is 16.7. The molecule has 0 saturated carbocycles. The van der Waals surface area contributed by atoms with E-state index in [0.717, 1.165) is 30.4 Å². The number of benzene rings is 2. The highest BCUT2D eigenvalue weighted by Crippen LogP contribution is 2.37. The van der Waals surface area contributed by atoms with Crippen LogP contribution < -0.4 is 0 Å². The summed E-state index contributed by atoms with van der Waals surface area (Å²) < 4.78 is 22.8. The number of hydrogen-bond acceptors (Lipinski definition) is 7. The van der Waals surface area contributed by atoms with Crippen LogP contribution in [0.2, 0.25) is 0 Å². The topological polar surface area (TPSA) is 94.6 Å². The molecule has 4 atom stereocenters. The minimum Gasteiger partial charge on any atom is -0.459 e. The standard InChI is InChI=1S/C27H30N2O7/c30-22(34-17-19-9-3-1-4-10-19)16-28-24-21(36-23-13-7-8-14-33-23)15-29(25(24)26(28)31)27(32)35-18-20-11-5-2-6-12-20/h1-6,9-12,21,23-25H,7-8,13-18H2/t21-,23?,24+,25-/m0/s1. The zero-order valence-electron chi connectivity index (χ0n) is 20.0. The van der Waals surface area contributed by atoms with Crippen LogP contribution in [-0.2, 0) is 41.8 Å². The van der Waals surface area contributed by atoms with Crippen LogP contribution in [0.3, 0.4) is 0 Å². The van der Waals surface area contributed by atoms with Crippen molar-refractivity contribution in [2.24, 2.45) is 0 Å². The quantitative estimate of drug-likeness (QED) is 0.411. The number of carbonyl (C=O) groups excluding carboxylic acids is 3. The maximum Gasteiger partial charge on any atom is 0.410 e. The van der Waals surface area contributed by atoms with Crippen LogP contribution in [0.5, 0.6) is 0 Å². The zero-order chi connectivity index (χ0) is 24.9. The zero-order valence-corrected chi connectivity index (χ0v) is 20.0. The van der Waals surface area contributed by atoms with Crippen molar-refractivity contribution < 1.29 is 33.3 Å². The molecule has 3 heterocycles. The molecule has 0 bridgehead atoms. The number of fused-ring (bicyclic) bond motifs is 1. The van der Waals surface area contributed by atoms with Gasteiger partial charge in [-0.2, -0.15) is 0 Å². The molecule has 9 nitrogen and oxygen atoms in total. The summed E-state index contributed by atoms with van der Waals surface area (Å²) in [6, 6.07) is 17.5. The van der Waals surface area contributed by atoms with Gasteiger partial charge in [-0.05, 0) is 30.4 Å². The molecule has 3 aliphatic rings. The summed E-state index contributed by atoms with van der Waals surface area (Å²) in [6.45, 7) is 0.829. The first-order chi connectivity index (χ1) is 17.6. The number of amides is 2. The summed E-state index contributed by atoms with van der Waals surface area (Å²) in [7, 11) is 0. The molecule has 0 N–H and O–H groups in total. The third kappa shape index (κ3) is 5.37. The van der Waals surface area contributed by atoms with Gasteiger partial charge in [0.25, 0.3) is 0 Å². The van der Waals surface area contributed by atoms with Gasteiger partial charge in [0.05, 0.1) is 12.6 Å². The lowest BCUT2D eigenvalue weighted by atomic mass is 9.94. The van der Waals surface area contributed by atoms with Crippen molar-refractivity contribution in [1.82, 2.24) is 9.80 Å². The molecule has 36 heavy (non-hydrogen) atoms. The molecule has 0 spiro atoms. The first kappa shape index (κ1) is 24.3. The van der Waals surface area contributed by atoms with Gasteiger partial charge in [0, 0.05) is 6.61 Å². The van der Waals surface area contributed by atoms with E-state index >= 15 is 0 Å². The van der Waals surface area contributed by atoms with E-state index in [1.165, 1.54) is 9.80 Å². The molecule has 2 aromatic rings. The van der Waals surface area contributed by atoms with Gasteiger partial charge in [-0.15, -0.1) is 0 Å². The highest BCUT2D eigenvalue weighted by molar-refractivity contribution is 5.95. The summed E-state index contributed by atoms with van der Waals surface area (Å²) in [5, 5.41) is 0.